The molecule has 3 aromatic rings. The molecule has 2 saturated carbocycles. The van der Waals surface area contributed by atoms with Crippen LogP contribution in [0.25, 0.3) is 0 Å². The zero-order chi connectivity index (χ0) is 60.7. The Bertz CT molecular complexity index is 2080. The monoisotopic (exact) mass is 1160 g/mol. The Morgan fingerprint density at radius 1 is 0.530 bits per heavy atom. The second-order valence-electron chi connectivity index (χ2n) is 21.2. The third-order valence-electron chi connectivity index (χ3n) is 13.7. The van der Waals surface area contributed by atoms with Gasteiger partial charge in [0.25, 0.3) is 5.91 Å². The predicted molar refractivity (Wildman–Crippen MR) is 319 cm³/mol. The lowest BCUT2D eigenvalue weighted by Gasteiger charge is -2.21. The van der Waals surface area contributed by atoms with Crippen LogP contribution in [0.15, 0.2) is 91.5 Å². The van der Waals surface area contributed by atoms with E-state index in [9.17, 15) is 33.6 Å². The Balaban J connectivity index is 0.000000367. The number of ether oxygens (including phenoxy) is 5. The maximum Gasteiger partial charge on any atom is 0.251 e. The molecule has 5 amide bonds. The molecule has 464 valence electrons. The molecule has 2 saturated heterocycles. The van der Waals surface area contributed by atoms with E-state index >= 15 is 0 Å². The summed E-state index contributed by atoms with van der Waals surface area (Å²) < 4.78 is 27.3. The molecule has 2 aliphatic carbocycles. The van der Waals surface area contributed by atoms with Gasteiger partial charge in [-0.15, -0.1) is 0 Å². The van der Waals surface area contributed by atoms with Crippen LogP contribution in [0.1, 0.15) is 122 Å². The van der Waals surface area contributed by atoms with E-state index < -0.39 is 0 Å². The minimum atomic E-state index is -0.267. The third kappa shape index (κ3) is 36.3. The highest BCUT2D eigenvalue weighted by atomic mass is 16.5. The number of aliphatic hydroxyl groups excluding tert-OH is 1. The first kappa shape index (κ1) is 73.1. The van der Waals surface area contributed by atoms with Crippen LogP contribution in [0.2, 0.25) is 0 Å². The summed E-state index contributed by atoms with van der Waals surface area (Å²) in [5, 5.41) is 16.6. The van der Waals surface area contributed by atoms with E-state index in [4.69, 9.17) is 28.8 Å². The molecule has 4 heterocycles. The van der Waals surface area contributed by atoms with E-state index in [1.165, 1.54) is 51.4 Å². The van der Waals surface area contributed by atoms with Gasteiger partial charge < -0.3 is 54.5 Å². The normalized spacial score (nSPS) is 16.7. The number of aliphatic hydroxyl groups is 1. The number of pyridine rings is 2. The maximum absolute atomic E-state index is 11.9. The molecule has 20 nitrogen and oxygen atoms in total. The quantitative estimate of drug-likeness (QED) is 0.0590. The average molecular weight is 1160 g/mol. The number of ketones is 2. The lowest BCUT2D eigenvalue weighted by Crippen LogP contribution is -2.34. The summed E-state index contributed by atoms with van der Waals surface area (Å²) in [6.07, 6.45) is 21.0. The van der Waals surface area contributed by atoms with E-state index in [0.29, 0.717) is 115 Å². The van der Waals surface area contributed by atoms with Gasteiger partial charge >= 0.3 is 0 Å². The van der Waals surface area contributed by atoms with Crippen LogP contribution in [0.4, 0.5) is 0 Å². The van der Waals surface area contributed by atoms with Crippen LogP contribution in [-0.2, 0) is 52.5 Å². The predicted octanol–water partition coefficient (Wildman–Crippen LogP) is 6.56. The van der Waals surface area contributed by atoms with Crippen molar-refractivity contribution in [3.8, 4) is 0 Å². The molecular formula is C63H99N7O13. The summed E-state index contributed by atoms with van der Waals surface area (Å²) in [4.78, 5) is 91.0. The number of hydrogen-bond acceptors (Lipinski definition) is 15. The van der Waals surface area contributed by atoms with Crippen LogP contribution >= 0.6 is 0 Å². The van der Waals surface area contributed by atoms with E-state index in [0.717, 1.165) is 12.8 Å². The molecule has 83 heavy (non-hydrogen) atoms. The largest absolute Gasteiger partial charge is 0.395 e. The number of hydrogen-bond donors (Lipinski definition) is 4. The molecule has 4 fully saturated rings. The summed E-state index contributed by atoms with van der Waals surface area (Å²) in [5.74, 6) is 0.619. The van der Waals surface area contributed by atoms with Gasteiger partial charge in [0.05, 0.1) is 84.0 Å². The number of benzene rings is 1. The molecule has 2 atom stereocenters. The van der Waals surface area contributed by atoms with Gasteiger partial charge in [-0.2, -0.15) is 0 Å². The number of likely N-dealkylation sites (tertiary alicyclic amines) is 2. The van der Waals surface area contributed by atoms with Crippen LogP contribution < -0.4 is 16.0 Å². The van der Waals surface area contributed by atoms with Gasteiger partial charge in [0.1, 0.15) is 11.6 Å². The molecular weight excluding hydrogens is 1060 g/mol. The number of nitrogens with zero attached hydrogens (tertiary/aromatic N) is 4. The summed E-state index contributed by atoms with van der Waals surface area (Å²) in [5.41, 5.74) is 0.622. The first-order chi connectivity index (χ1) is 40.1. The standard InChI is InChI=1S/C19H27N3O5.C16H30O4.C10H18O.C8H14N2O3.2C5H5N/c1-22-14-16(13-17(22)23)19(25)21-8-10-27-12-11-26-9-7-20-18(24)15-5-3-2-4-6-15;1-14(2)16(17)8-9-18-10-11-19-12-13-20-15-6-4-3-5-7-15;1-8(2)10(11)9-6-4-3-5-7-9;1-10-5-6(4-7(10)12)8(13)9-2-3-11;2*1-2-4-6-5-3-1/h2-6,16H,7-14H2,1H3,(H,20,24)(H,21,25);14-15H,3-13H2,1-2H3;8-9H,3-7H2,1-2H3;6,11H,2-5H2,1H3,(H,9,13);2*1-5H. The van der Waals surface area contributed by atoms with Gasteiger partial charge in [0.2, 0.25) is 23.6 Å². The van der Waals surface area contributed by atoms with E-state index in [2.05, 4.69) is 25.9 Å². The molecule has 7 rings (SSSR count). The Hall–Kier alpha value is -6.03. The zero-order valence-corrected chi connectivity index (χ0v) is 50.6. The summed E-state index contributed by atoms with van der Waals surface area (Å²) in [7, 11) is 3.38. The van der Waals surface area contributed by atoms with Crippen LogP contribution in [0.5, 0.6) is 0 Å². The van der Waals surface area contributed by atoms with Crippen molar-refractivity contribution in [3.05, 3.63) is 97.1 Å². The number of nitrogens with one attached hydrogen (secondary N) is 3. The Morgan fingerprint density at radius 3 is 1.39 bits per heavy atom. The highest BCUT2D eigenvalue weighted by Crippen LogP contribution is 2.26. The molecule has 0 spiro atoms. The van der Waals surface area contributed by atoms with Gasteiger partial charge in [-0.3, -0.25) is 43.5 Å². The Morgan fingerprint density at radius 2 is 0.964 bits per heavy atom. The van der Waals surface area contributed by atoms with Gasteiger partial charge in [-0.05, 0) is 62.1 Å². The lowest BCUT2D eigenvalue weighted by molar-refractivity contribution is -0.128. The molecule has 0 bridgehead atoms. The van der Waals surface area contributed by atoms with Crippen molar-refractivity contribution in [2.75, 3.05) is 113 Å². The van der Waals surface area contributed by atoms with Crippen molar-refractivity contribution in [3.63, 3.8) is 0 Å². The number of Topliss-reactive ketones (excluding diaryl/α,β-unsaturated/α-hetero) is 2. The van der Waals surface area contributed by atoms with Crippen molar-refractivity contribution in [2.24, 2.45) is 29.6 Å². The molecule has 20 heteroatoms. The van der Waals surface area contributed by atoms with Gasteiger partial charge in [-0.25, -0.2) is 0 Å². The number of amides is 5. The van der Waals surface area contributed by atoms with E-state index in [-0.39, 0.29) is 85.0 Å². The molecule has 2 aliphatic heterocycles. The minimum Gasteiger partial charge on any atom is -0.395 e. The molecule has 2 aromatic heterocycles. The van der Waals surface area contributed by atoms with Crippen molar-refractivity contribution in [1.82, 2.24) is 35.7 Å². The summed E-state index contributed by atoms with van der Waals surface area (Å²) in [6, 6.07) is 20.4. The van der Waals surface area contributed by atoms with Crippen molar-refractivity contribution in [2.45, 2.75) is 117 Å². The van der Waals surface area contributed by atoms with Crippen molar-refractivity contribution >= 4 is 41.1 Å². The SMILES string of the molecule is CC(C)C(=O)C1CCCCC1.CC(C)C(=O)CCOCCOCCOC1CCCCC1.CN1CC(C(=O)NCCO)CC1=O.CN1CC(C(=O)NCCOCCOCCNC(=O)c2ccccc2)CC1=O.c1ccncc1.c1ccncc1. The van der Waals surface area contributed by atoms with Crippen molar-refractivity contribution in [1.29, 1.82) is 0 Å². The topological polar surface area (TPSA) is 254 Å². The fourth-order valence-corrected chi connectivity index (χ4v) is 8.82. The second kappa shape index (κ2) is 47.3. The van der Waals surface area contributed by atoms with Crippen molar-refractivity contribution < 1.29 is 62.4 Å². The van der Waals surface area contributed by atoms with E-state index in [1.807, 2.05) is 82.3 Å². The number of aromatic nitrogens is 2. The second-order valence-corrected chi connectivity index (χ2v) is 21.2. The smallest absolute Gasteiger partial charge is 0.251 e. The first-order valence-corrected chi connectivity index (χ1v) is 29.8. The minimum absolute atomic E-state index is 0.00325. The highest BCUT2D eigenvalue weighted by Gasteiger charge is 2.33. The van der Waals surface area contributed by atoms with Crippen LogP contribution in [0.3, 0.4) is 0 Å². The number of rotatable bonds is 27. The number of carbonyl (C=O) groups is 7. The first-order valence-electron chi connectivity index (χ1n) is 29.8. The van der Waals surface area contributed by atoms with Crippen LogP contribution in [-0.4, -0.2) is 185 Å². The summed E-state index contributed by atoms with van der Waals surface area (Å²) >= 11 is 0. The molecule has 2 unspecified atom stereocenters. The van der Waals surface area contributed by atoms with Gasteiger partial charge in [-0.1, -0.05) is 96.6 Å². The molecule has 0 radical (unpaired) electrons. The highest BCUT2D eigenvalue weighted by molar-refractivity contribution is 5.94. The van der Waals surface area contributed by atoms with Crippen LogP contribution in [0, 0.1) is 29.6 Å². The zero-order valence-electron chi connectivity index (χ0n) is 50.6. The summed E-state index contributed by atoms with van der Waals surface area (Å²) in [6.45, 7) is 14.4. The third-order valence-corrected chi connectivity index (χ3v) is 13.7. The van der Waals surface area contributed by atoms with E-state index in [1.54, 1.807) is 60.8 Å². The molecule has 1 aromatic carbocycles. The van der Waals surface area contributed by atoms with Gasteiger partial charge in [0, 0.05) is 114 Å². The fourth-order valence-electron chi connectivity index (χ4n) is 8.82. The lowest BCUT2D eigenvalue weighted by atomic mass is 9.83. The number of carbonyl (C=O) groups excluding carboxylic acids is 7. The Kier molecular flexibility index (Phi) is 41.7. The maximum atomic E-state index is 11.9. The average Bonchev–Trinajstić information content (AvgIpc) is 4.11. The Labute approximate surface area is 494 Å². The molecule has 4 N–H and O–H groups in total. The van der Waals surface area contributed by atoms with Gasteiger partial charge in [0.15, 0.2) is 0 Å². The fraction of sp³-hybridized carbons (Fsp3) is 0.635. The molecule has 4 aliphatic rings.